The third kappa shape index (κ3) is 4.93. The van der Waals surface area contributed by atoms with Crippen molar-refractivity contribution in [1.82, 2.24) is 4.90 Å². The summed E-state index contributed by atoms with van der Waals surface area (Å²) in [6.45, 7) is 7.46. The Bertz CT molecular complexity index is 746. The summed E-state index contributed by atoms with van der Waals surface area (Å²) in [6, 6.07) is 12.8. The molecule has 0 radical (unpaired) electrons. The maximum Gasteiger partial charge on any atom is 0.0620 e. The van der Waals surface area contributed by atoms with Crippen LogP contribution in [-0.4, -0.2) is 24.0 Å². The fourth-order valence-electron chi connectivity index (χ4n) is 3.50. The lowest BCUT2D eigenvalue weighted by Gasteiger charge is -2.30. The van der Waals surface area contributed by atoms with Gasteiger partial charge in [-0.1, -0.05) is 53.5 Å². The minimum absolute atomic E-state index is 0.417. The van der Waals surface area contributed by atoms with Crippen molar-refractivity contribution >= 4 is 38.9 Å². The molecule has 1 heterocycles. The van der Waals surface area contributed by atoms with Crippen LogP contribution in [0.15, 0.2) is 40.9 Å². The highest BCUT2D eigenvalue weighted by Gasteiger charge is 2.25. The van der Waals surface area contributed by atoms with Gasteiger partial charge in [0.1, 0.15) is 0 Å². The maximum atomic E-state index is 6.27. The highest BCUT2D eigenvalue weighted by atomic mass is 79.9. The molecule has 5 heteroatoms. The number of hydrogen-bond donors (Lipinski definition) is 2. The average molecular weight is 437 g/mol. The third-order valence-electron chi connectivity index (χ3n) is 5.00. The molecule has 1 aliphatic heterocycles. The predicted molar refractivity (Wildman–Crippen MR) is 116 cm³/mol. The first-order valence-corrected chi connectivity index (χ1v) is 10.4. The zero-order chi connectivity index (χ0) is 18.7. The van der Waals surface area contributed by atoms with Gasteiger partial charge in [-0.05, 0) is 60.7 Å². The van der Waals surface area contributed by atoms with Crippen LogP contribution in [0.3, 0.4) is 0 Å². The number of halogens is 2. The van der Waals surface area contributed by atoms with E-state index in [1.165, 1.54) is 17.5 Å². The molecule has 3 N–H and O–H groups in total. The second-order valence-corrected chi connectivity index (χ2v) is 8.90. The molecule has 3 nitrogen and oxygen atoms in total. The molecule has 0 bridgehead atoms. The summed E-state index contributed by atoms with van der Waals surface area (Å²) >= 11 is 9.63. The van der Waals surface area contributed by atoms with E-state index in [1.54, 1.807) is 0 Å². The Kier molecular flexibility index (Phi) is 6.49. The number of anilines is 2. The molecule has 0 saturated heterocycles. The Labute approximate surface area is 170 Å². The first-order chi connectivity index (χ1) is 12.4. The Hall–Kier alpha value is -1.23. The van der Waals surface area contributed by atoms with Crippen LogP contribution in [0.5, 0.6) is 0 Å². The Morgan fingerprint density at radius 1 is 1.27 bits per heavy atom. The van der Waals surface area contributed by atoms with Crippen LogP contribution in [0.2, 0.25) is 5.02 Å². The number of nitrogens with two attached hydrogens (primary N) is 1. The largest absolute Gasteiger partial charge is 0.397 e. The zero-order valence-electron chi connectivity index (χ0n) is 15.4. The normalized spacial score (nSPS) is 17.7. The summed E-state index contributed by atoms with van der Waals surface area (Å²) in [5, 5.41) is 4.39. The molecule has 0 amide bonds. The molecular weight excluding hydrogens is 410 g/mol. The monoisotopic (exact) mass is 435 g/mol. The molecule has 0 aliphatic carbocycles. The van der Waals surface area contributed by atoms with E-state index in [-0.39, 0.29) is 0 Å². The second kappa shape index (κ2) is 8.64. The third-order valence-corrected chi connectivity index (χ3v) is 5.71. The van der Waals surface area contributed by atoms with E-state index in [0.717, 1.165) is 46.9 Å². The highest BCUT2D eigenvalue weighted by Crippen LogP contribution is 2.32. The topological polar surface area (TPSA) is 41.3 Å². The van der Waals surface area contributed by atoms with Crippen LogP contribution in [0.25, 0.3) is 0 Å². The minimum Gasteiger partial charge on any atom is -0.397 e. The number of hydrogen-bond acceptors (Lipinski definition) is 3. The van der Waals surface area contributed by atoms with Gasteiger partial charge in [-0.25, -0.2) is 0 Å². The van der Waals surface area contributed by atoms with Gasteiger partial charge < -0.3 is 11.1 Å². The van der Waals surface area contributed by atoms with E-state index >= 15 is 0 Å². The van der Waals surface area contributed by atoms with E-state index in [0.29, 0.717) is 12.0 Å². The van der Waals surface area contributed by atoms with Crippen molar-refractivity contribution in [2.75, 3.05) is 24.1 Å². The maximum absolute atomic E-state index is 6.27. The van der Waals surface area contributed by atoms with Crippen LogP contribution < -0.4 is 11.1 Å². The van der Waals surface area contributed by atoms with Gasteiger partial charge in [0.25, 0.3) is 0 Å². The standard InChI is InChI=1S/C21H27BrClN3/c1-14(2)7-8-26-13-16-10-17(22)11-20(24)21(16)25-12-19(26)9-15-3-5-18(23)6-4-15/h3-6,10-11,14,19,25H,7-9,12-13,24H2,1-2H3. The lowest BCUT2D eigenvalue weighted by molar-refractivity contribution is 0.187. The molecule has 0 spiro atoms. The second-order valence-electron chi connectivity index (χ2n) is 7.55. The van der Waals surface area contributed by atoms with Gasteiger partial charge in [-0.3, -0.25) is 4.90 Å². The number of nitrogens with one attached hydrogen (secondary N) is 1. The Balaban J connectivity index is 1.84. The van der Waals surface area contributed by atoms with E-state index in [1.807, 2.05) is 18.2 Å². The van der Waals surface area contributed by atoms with Crippen LogP contribution >= 0.6 is 27.5 Å². The Morgan fingerprint density at radius 3 is 2.69 bits per heavy atom. The van der Waals surface area contributed by atoms with E-state index in [9.17, 15) is 0 Å². The predicted octanol–water partition coefficient (Wildman–Crippen LogP) is 5.57. The van der Waals surface area contributed by atoms with Gasteiger partial charge >= 0.3 is 0 Å². The molecule has 2 aromatic carbocycles. The number of benzene rings is 2. The summed E-state index contributed by atoms with van der Waals surface area (Å²) in [5.41, 5.74) is 10.7. The van der Waals surface area contributed by atoms with Gasteiger partial charge in [0, 0.05) is 28.6 Å². The molecule has 1 aliphatic rings. The summed E-state index contributed by atoms with van der Waals surface area (Å²) in [7, 11) is 0. The SMILES string of the molecule is CC(C)CCN1Cc2cc(Br)cc(N)c2NCC1Cc1ccc(Cl)cc1. The minimum atomic E-state index is 0.417. The van der Waals surface area contributed by atoms with Gasteiger partial charge in [0.2, 0.25) is 0 Å². The summed E-state index contributed by atoms with van der Waals surface area (Å²) in [5.74, 6) is 0.689. The average Bonchev–Trinajstić information content (AvgIpc) is 2.74. The highest BCUT2D eigenvalue weighted by molar-refractivity contribution is 9.10. The van der Waals surface area contributed by atoms with E-state index in [2.05, 4.69) is 58.2 Å². The number of nitrogens with zero attached hydrogens (tertiary/aromatic N) is 1. The van der Waals surface area contributed by atoms with Crippen molar-refractivity contribution in [2.45, 2.75) is 39.3 Å². The van der Waals surface area contributed by atoms with E-state index < -0.39 is 0 Å². The molecule has 26 heavy (non-hydrogen) atoms. The lowest BCUT2D eigenvalue weighted by Crippen LogP contribution is -2.40. The smallest absolute Gasteiger partial charge is 0.0620 e. The van der Waals surface area contributed by atoms with Gasteiger partial charge in [0.05, 0.1) is 11.4 Å². The van der Waals surface area contributed by atoms with Gasteiger partial charge in [0.15, 0.2) is 0 Å². The zero-order valence-corrected chi connectivity index (χ0v) is 17.8. The van der Waals surface area contributed by atoms with Crippen molar-refractivity contribution < 1.29 is 0 Å². The van der Waals surface area contributed by atoms with Crippen molar-refractivity contribution in [2.24, 2.45) is 5.92 Å². The van der Waals surface area contributed by atoms with E-state index in [4.69, 9.17) is 17.3 Å². The van der Waals surface area contributed by atoms with Crippen molar-refractivity contribution in [3.63, 3.8) is 0 Å². The first-order valence-electron chi connectivity index (χ1n) is 9.22. The molecule has 1 unspecified atom stereocenters. The van der Waals surface area contributed by atoms with Gasteiger partial charge in [-0.2, -0.15) is 0 Å². The molecule has 140 valence electrons. The fourth-order valence-corrected chi connectivity index (χ4v) is 4.15. The molecule has 0 fully saturated rings. The Morgan fingerprint density at radius 2 is 2.00 bits per heavy atom. The van der Waals surface area contributed by atoms with Crippen LogP contribution in [-0.2, 0) is 13.0 Å². The number of nitrogen functional groups attached to an aromatic ring is 1. The summed E-state index contributed by atoms with van der Waals surface area (Å²) in [4.78, 5) is 2.60. The van der Waals surface area contributed by atoms with Crippen LogP contribution in [0.4, 0.5) is 11.4 Å². The quantitative estimate of drug-likeness (QED) is 0.602. The van der Waals surface area contributed by atoms with Gasteiger partial charge in [-0.15, -0.1) is 0 Å². The number of rotatable bonds is 5. The van der Waals surface area contributed by atoms with Crippen LogP contribution in [0.1, 0.15) is 31.4 Å². The summed E-state index contributed by atoms with van der Waals surface area (Å²) < 4.78 is 1.04. The molecule has 1 atom stereocenters. The molecule has 3 rings (SSSR count). The number of fused-ring (bicyclic) bond motifs is 1. The summed E-state index contributed by atoms with van der Waals surface area (Å²) in [6.07, 6.45) is 2.19. The molecular formula is C21H27BrClN3. The molecule has 0 saturated carbocycles. The molecule has 0 aromatic heterocycles. The first kappa shape index (κ1) is 19.5. The molecule has 2 aromatic rings. The van der Waals surface area contributed by atoms with Crippen molar-refractivity contribution in [1.29, 1.82) is 0 Å². The van der Waals surface area contributed by atoms with Crippen molar-refractivity contribution in [3.05, 3.63) is 57.0 Å². The van der Waals surface area contributed by atoms with Crippen LogP contribution in [0, 0.1) is 5.92 Å². The lowest BCUT2D eigenvalue weighted by atomic mass is 10.0. The van der Waals surface area contributed by atoms with Crippen molar-refractivity contribution in [3.8, 4) is 0 Å². The fraction of sp³-hybridized carbons (Fsp3) is 0.429.